The first-order chi connectivity index (χ1) is 12.7. The molecular weight excluding hydrogens is 331 g/mol. The van der Waals surface area contributed by atoms with Crippen LogP contribution in [0.5, 0.6) is 0 Å². The topological polar surface area (TPSA) is 39.7 Å². The van der Waals surface area contributed by atoms with Crippen molar-refractivity contribution < 1.29 is 9.18 Å². The Morgan fingerprint density at radius 1 is 0.846 bits per heavy atom. The second-order valence-corrected chi connectivity index (χ2v) is 6.85. The van der Waals surface area contributed by atoms with Crippen LogP contribution in [0.1, 0.15) is 23.3 Å². The highest BCUT2D eigenvalue weighted by Gasteiger charge is 2.24. The molecule has 4 rings (SSSR count). The Balaban J connectivity index is 1.40. The predicted octanol–water partition coefficient (Wildman–Crippen LogP) is 2.78. The van der Waals surface area contributed by atoms with Crippen molar-refractivity contribution in [3.05, 3.63) is 54.1 Å². The van der Waals surface area contributed by atoms with Crippen LogP contribution in [0.3, 0.4) is 0 Å². The van der Waals surface area contributed by atoms with Crippen molar-refractivity contribution >= 4 is 17.3 Å². The van der Waals surface area contributed by atoms with Crippen molar-refractivity contribution in [2.75, 3.05) is 49.1 Å². The second kappa shape index (κ2) is 7.32. The Labute approximate surface area is 153 Å². The van der Waals surface area contributed by atoms with Crippen LogP contribution in [-0.4, -0.2) is 55.1 Å². The van der Waals surface area contributed by atoms with Gasteiger partial charge in [-0.25, -0.2) is 4.39 Å². The van der Waals surface area contributed by atoms with E-state index in [1.165, 1.54) is 25.0 Å². The average molecular weight is 354 g/mol. The van der Waals surface area contributed by atoms with Crippen molar-refractivity contribution in [1.82, 2.24) is 9.88 Å². The van der Waals surface area contributed by atoms with Gasteiger partial charge in [0.05, 0.1) is 0 Å². The van der Waals surface area contributed by atoms with E-state index in [0.717, 1.165) is 37.6 Å². The zero-order valence-electron chi connectivity index (χ0n) is 14.8. The molecule has 1 aromatic heterocycles. The molecule has 0 N–H and O–H groups in total. The first-order valence-corrected chi connectivity index (χ1v) is 9.21. The molecule has 2 aliphatic heterocycles. The highest BCUT2D eigenvalue weighted by molar-refractivity contribution is 5.93. The van der Waals surface area contributed by atoms with Gasteiger partial charge in [0.2, 0.25) is 0 Å². The number of carbonyl (C=O) groups excluding carboxylic acids is 1. The SMILES string of the molecule is O=C(c1cc(N2CCCC2)ccn1)N1CCN(c2ccc(F)cc2)CC1. The van der Waals surface area contributed by atoms with E-state index in [4.69, 9.17) is 0 Å². The molecule has 6 heteroatoms. The van der Waals surface area contributed by atoms with Gasteiger partial charge in [0.15, 0.2) is 0 Å². The summed E-state index contributed by atoms with van der Waals surface area (Å²) < 4.78 is 13.1. The molecule has 5 nitrogen and oxygen atoms in total. The average Bonchev–Trinajstić information content (AvgIpc) is 3.23. The molecule has 2 fully saturated rings. The van der Waals surface area contributed by atoms with Gasteiger partial charge >= 0.3 is 0 Å². The number of rotatable bonds is 3. The third-order valence-electron chi connectivity index (χ3n) is 5.19. The summed E-state index contributed by atoms with van der Waals surface area (Å²) in [5.74, 6) is -0.240. The minimum Gasteiger partial charge on any atom is -0.371 e. The molecule has 0 radical (unpaired) electrons. The molecule has 26 heavy (non-hydrogen) atoms. The summed E-state index contributed by atoms with van der Waals surface area (Å²) in [5.41, 5.74) is 2.60. The molecule has 0 atom stereocenters. The second-order valence-electron chi connectivity index (χ2n) is 6.85. The van der Waals surface area contributed by atoms with Crippen LogP contribution in [0.4, 0.5) is 15.8 Å². The molecule has 0 aliphatic carbocycles. The van der Waals surface area contributed by atoms with Crippen molar-refractivity contribution in [3.8, 4) is 0 Å². The predicted molar refractivity (Wildman–Crippen MR) is 100 cm³/mol. The summed E-state index contributed by atoms with van der Waals surface area (Å²) in [6.45, 7) is 4.87. The van der Waals surface area contributed by atoms with Gasteiger partial charge in [-0.1, -0.05) is 0 Å². The van der Waals surface area contributed by atoms with Crippen LogP contribution in [0, 0.1) is 5.82 Å². The summed E-state index contributed by atoms with van der Waals surface area (Å²) in [4.78, 5) is 23.5. The number of aromatic nitrogens is 1. The molecule has 1 amide bonds. The van der Waals surface area contributed by atoms with E-state index in [-0.39, 0.29) is 11.7 Å². The van der Waals surface area contributed by atoms with Crippen LogP contribution in [-0.2, 0) is 0 Å². The summed E-state index contributed by atoms with van der Waals surface area (Å²) >= 11 is 0. The third-order valence-corrected chi connectivity index (χ3v) is 5.19. The van der Waals surface area contributed by atoms with E-state index < -0.39 is 0 Å². The fraction of sp³-hybridized carbons (Fsp3) is 0.400. The number of anilines is 2. The smallest absolute Gasteiger partial charge is 0.272 e. The van der Waals surface area contributed by atoms with Crippen molar-refractivity contribution in [3.63, 3.8) is 0 Å². The first-order valence-electron chi connectivity index (χ1n) is 9.21. The van der Waals surface area contributed by atoms with Crippen molar-refractivity contribution in [1.29, 1.82) is 0 Å². The van der Waals surface area contributed by atoms with Crippen LogP contribution in [0.25, 0.3) is 0 Å². The number of amides is 1. The lowest BCUT2D eigenvalue weighted by Gasteiger charge is -2.36. The van der Waals surface area contributed by atoms with E-state index in [1.807, 2.05) is 17.0 Å². The van der Waals surface area contributed by atoms with Crippen LogP contribution in [0.2, 0.25) is 0 Å². The molecular formula is C20H23FN4O. The van der Waals surface area contributed by atoms with E-state index in [9.17, 15) is 9.18 Å². The fourth-order valence-corrected chi connectivity index (χ4v) is 3.69. The molecule has 0 saturated carbocycles. The zero-order chi connectivity index (χ0) is 17.9. The molecule has 0 spiro atoms. The molecule has 1 aromatic carbocycles. The van der Waals surface area contributed by atoms with E-state index in [0.29, 0.717) is 18.8 Å². The largest absolute Gasteiger partial charge is 0.371 e. The highest BCUT2D eigenvalue weighted by atomic mass is 19.1. The number of halogens is 1. The van der Waals surface area contributed by atoms with E-state index >= 15 is 0 Å². The summed E-state index contributed by atoms with van der Waals surface area (Å²) in [7, 11) is 0. The van der Waals surface area contributed by atoms with Gasteiger partial charge in [0, 0.05) is 56.8 Å². The van der Waals surface area contributed by atoms with Crippen LogP contribution < -0.4 is 9.80 Å². The lowest BCUT2D eigenvalue weighted by atomic mass is 10.2. The highest BCUT2D eigenvalue weighted by Crippen LogP contribution is 2.22. The Kier molecular flexibility index (Phi) is 4.73. The van der Waals surface area contributed by atoms with Crippen LogP contribution >= 0.6 is 0 Å². The molecule has 0 bridgehead atoms. The number of hydrogen-bond donors (Lipinski definition) is 0. The Morgan fingerprint density at radius 3 is 2.19 bits per heavy atom. The molecule has 2 aromatic rings. The molecule has 136 valence electrons. The Morgan fingerprint density at radius 2 is 1.50 bits per heavy atom. The normalized spacial score (nSPS) is 17.7. The number of nitrogens with zero attached hydrogens (tertiary/aromatic N) is 4. The first kappa shape index (κ1) is 16.8. The zero-order valence-corrected chi connectivity index (χ0v) is 14.8. The maximum absolute atomic E-state index is 13.1. The lowest BCUT2D eigenvalue weighted by molar-refractivity contribution is 0.0741. The number of hydrogen-bond acceptors (Lipinski definition) is 4. The van der Waals surface area contributed by atoms with Gasteiger partial charge in [0.1, 0.15) is 11.5 Å². The number of carbonyl (C=O) groups is 1. The van der Waals surface area contributed by atoms with Crippen LogP contribution in [0.15, 0.2) is 42.6 Å². The monoisotopic (exact) mass is 354 g/mol. The molecule has 2 aliphatic rings. The maximum atomic E-state index is 13.1. The van der Waals surface area contributed by atoms with Gasteiger partial charge in [-0.05, 0) is 49.2 Å². The summed E-state index contributed by atoms with van der Waals surface area (Å²) in [5, 5.41) is 0. The Hall–Kier alpha value is -2.63. The minimum atomic E-state index is -0.230. The molecule has 2 saturated heterocycles. The van der Waals surface area contributed by atoms with E-state index in [2.05, 4.69) is 14.8 Å². The quantitative estimate of drug-likeness (QED) is 0.850. The van der Waals surface area contributed by atoms with Gasteiger partial charge in [-0.3, -0.25) is 9.78 Å². The molecule has 0 unspecified atom stereocenters. The van der Waals surface area contributed by atoms with Crippen molar-refractivity contribution in [2.24, 2.45) is 0 Å². The lowest BCUT2D eigenvalue weighted by Crippen LogP contribution is -2.49. The standard InChI is InChI=1S/C20H23FN4O/c21-16-3-5-17(6-4-16)24-11-13-25(14-12-24)20(26)19-15-18(7-8-22-19)23-9-1-2-10-23/h3-8,15H,1-2,9-14H2. The van der Waals surface area contributed by atoms with E-state index in [1.54, 1.807) is 18.3 Å². The van der Waals surface area contributed by atoms with Crippen molar-refractivity contribution in [2.45, 2.75) is 12.8 Å². The molecule has 3 heterocycles. The summed E-state index contributed by atoms with van der Waals surface area (Å²) in [6.07, 6.45) is 4.14. The van der Waals surface area contributed by atoms with Gasteiger partial charge in [-0.2, -0.15) is 0 Å². The fourth-order valence-electron chi connectivity index (χ4n) is 3.69. The number of benzene rings is 1. The number of piperazine rings is 1. The van der Waals surface area contributed by atoms with Gasteiger partial charge < -0.3 is 14.7 Å². The minimum absolute atomic E-state index is 0.00944. The third kappa shape index (κ3) is 3.49. The maximum Gasteiger partial charge on any atom is 0.272 e. The van der Waals surface area contributed by atoms with Gasteiger partial charge in [0.25, 0.3) is 5.91 Å². The summed E-state index contributed by atoms with van der Waals surface area (Å²) in [6, 6.07) is 10.4. The van der Waals surface area contributed by atoms with Gasteiger partial charge in [-0.15, -0.1) is 0 Å². The number of pyridine rings is 1. The Bertz CT molecular complexity index is 766.